The van der Waals surface area contributed by atoms with Crippen LogP contribution in [0.3, 0.4) is 0 Å². The Labute approximate surface area is 114 Å². The Bertz CT molecular complexity index is 400. The lowest BCUT2D eigenvalue weighted by atomic mass is 10.1. The molecule has 4 heteroatoms. The van der Waals surface area contributed by atoms with Crippen LogP contribution in [0, 0.1) is 0 Å². The summed E-state index contributed by atoms with van der Waals surface area (Å²) in [6.07, 6.45) is 2.54. The standard InChI is InChI=1S/C15H23NO3/c1-3-19-13-7-9-16(10-8-13)11-12-5-4-6-14(18-2)15(12)17/h4-6,13,17H,3,7-11H2,1-2H3. The molecule has 0 radical (unpaired) electrons. The molecule has 1 fully saturated rings. The average molecular weight is 265 g/mol. The van der Waals surface area contributed by atoms with Crippen LogP contribution in [0.5, 0.6) is 11.5 Å². The number of piperidine rings is 1. The molecule has 106 valence electrons. The fourth-order valence-electron chi connectivity index (χ4n) is 2.57. The van der Waals surface area contributed by atoms with E-state index in [4.69, 9.17) is 9.47 Å². The summed E-state index contributed by atoms with van der Waals surface area (Å²) in [6, 6.07) is 5.65. The number of para-hydroxylation sites is 1. The maximum Gasteiger partial charge on any atom is 0.162 e. The molecular formula is C15H23NO3. The van der Waals surface area contributed by atoms with Crippen molar-refractivity contribution >= 4 is 0 Å². The zero-order valence-corrected chi connectivity index (χ0v) is 11.8. The van der Waals surface area contributed by atoms with Crippen molar-refractivity contribution in [1.82, 2.24) is 4.90 Å². The smallest absolute Gasteiger partial charge is 0.162 e. The Morgan fingerprint density at radius 2 is 2.05 bits per heavy atom. The second-order valence-corrected chi connectivity index (χ2v) is 4.90. The van der Waals surface area contributed by atoms with Gasteiger partial charge in [-0.05, 0) is 25.8 Å². The third kappa shape index (κ3) is 3.61. The third-order valence-corrected chi connectivity index (χ3v) is 3.63. The van der Waals surface area contributed by atoms with Crippen LogP contribution in [0.15, 0.2) is 18.2 Å². The molecule has 0 unspecified atom stereocenters. The first-order valence-corrected chi connectivity index (χ1v) is 6.93. The van der Waals surface area contributed by atoms with E-state index in [9.17, 15) is 5.11 Å². The topological polar surface area (TPSA) is 41.9 Å². The molecule has 1 aromatic rings. The zero-order valence-electron chi connectivity index (χ0n) is 11.8. The van der Waals surface area contributed by atoms with E-state index in [0.717, 1.165) is 44.6 Å². The van der Waals surface area contributed by atoms with Gasteiger partial charge in [-0.15, -0.1) is 0 Å². The molecule has 19 heavy (non-hydrogen) atoms. The van der Waals surface area contributed by atoms with Gasteiger partial charge < -0.3 is 14.6 Å². The van der Waals surface area contributed by atoms with Gasteiger partial charge in [0.15, 0.2) is 11.5 Å². The summed E-state index contributed by atoms with van der Waals surface area (Å²) in [6.45, 7) is 5.63. The highest BCUT2D eigenvalue weighted by Gasteiger charge is 2.20. The number of likely N-dealkylation sites (tertiary alicyclic amines) is 1. The Balaban J connectivity index is 1.92. The molecule has 4 nitrogen and oxygen atoms in total. The number of ether oxygens (including phenoxy) is 2. The van der Waals surface area contributed by atoms with E-state index in [1.54, 1.807) is 13.2 Å². The maximum absolute atomic E-state index is 10.1. The van der Waals surface area contributed by atoms with E-state index in [2.05, 4.69) is 4.90 Å². The molecule has 0 bridgehead atoms. The van der Waals surface area contributed by atoms with Crippen LogP contribution < -0.4 is 4.74 Å². The summed E-state index contributed by atoms with van der Waals surface area (Å²) in [7, 11) is 1.58. The number of hydrogen-bond acceptors (Lipinski definition) is 4. The third-order valence-electron chi connectivity index (χ3n) is 3.63. The Kier molecular flexibility index (Phi) is 5.05. The summed E-state index contributed by atoms with van der Waals surface area (Å²) in [4.78, 5) is 2.35. The fourth-order valence-corrected chi connectivity index (χ4v) is 2.57. The van der Waals surface area contributed by atoms with Gasteiger partial charge in [-0.25, -0.2) is 0 Å². The van der Waals surface area contributed by atoms with E-state index in [0.29, 0.717) is 11.9 Å². The van der Waals surface area contributed by atoms with Crippen molar-refractivity contribution < 1.29 is 14.6 Å². The number of phenolic OH excluding ortho intramolecular Hbond substituents is 1. The van der Waals surface area contributed by atoms with E-state index in [-0.39, 0.29) is 5.75 Å². The number of benzene rings is 1. The Morgan fingerprint density at radius 3 is 2.68 bits per heavy atom. The molecule has 1 aromatic carbocycles. The SMILES string of the molecule is CCOC1CCN(Cc2cccc(OC)c2O)CC1. The van der Waals surface area contributed by atoms with Crippen molar-refractivity contribution in [2.75, 3.05) is 26.8 Å². The van der Waals surface area contributed by atoms with Crippen LogP contribution in [0.1, 0.15) is 25.3 Å². The van der Waals surface area contributed by atoms with Crippen molar-refractivity contribution in [1.29, 1.82) is 0 Å². The van der Waals surface area contributed by atoms with Crippen molar-refractivity contribution in [2.24, 2.45) is 0 Å². The monoisotopic (exact) mass is 265 g/mol. The highest BCUT2D eigenvalue weighted by atomic mass is 16.5. The minimum atomic E-state index is 0.261. The maximum atomic E-state index is 10.1. The fraction of sp³-hybridized carbons (Fsp3) is 0.600. The second kappa shape index (κ2) is 6.78. The van der Waals surface area contributed by atoms with Crippen molar-refractivity contribution in [3.05, 3.63) is 23.8 Å². The van der Waals surface area contributed by atoms with Gasteiger partial charge in [0, 0.05) is 31.8 Å². The summed E-state index contributed by atoms with van der Waals surface area (Å²) >= 11 is 0. The molecule has 1 N–H and O–H groups in total. The van der Waals surface area contributed by atoms with Crippen LogP contribution in [0.2, 0.25) is 0 Å². The molecule has 1 saturated heterocycles. The highest BCUT2D eigenvalue weighted by Crippen LogP contribution is 2.30. The molecule has 0 aromatic heterocycles. The summed E-state index contributed by atoms with van der Waals surface area (Å²) in [5.74, 6) is 0.804. The molecular weight excluding hydrogens is 242 g/mol. The summed E-state index contributed by atoms with van der Waals surface area (Å²) in [5, 5.41) is 10.1. The molecule has 1 aliphatic rings. The van der Waals surface area contributed by atoms with Gasteiger partial charge in [0.05, 0.1) is 13.2 Å². The molecule has 1 aliphatic heterocycles. The molecule has 0 amide bonds. The number of hydrogen-bond donors (Lipinski definition) is 1. The van der Waals surface area contributed by atoms with Gasteiger partial charge in [-0.3, -0.25) is 4.90 Å². The van der Waals surface area contributed by atoms with Crippen molar-refractivity contribution in [2.45, 2.75) is 32.4 Å². The van der Waals surface area contributed by atoms with E-state index >= 15 is 0 Å². The quantitative estimate of drug-likeness (QED) is 0.887. The van der Waals surface area contributed by atoms with Crippen LogP contribution >= 0.6 is 0 Å². The van der Waals surface area contributed by atoms with E-state index in [1.807, 2.05) is 19.1 Å². The highest BCUT2D eigenvalue weighted by molar-refractivity contribution is 5.45. The number of aromatic hydroxyl groups is 1. The Hall–Kier alpha value is -1.26. The van der Waals surface area contributed by atoms with Gasteiger partial charge >= 0.3 is 0 Å². The van der Waals surface area contributed by atoms with Crippen LogP contribution in [0.25, 0.3) is 0 Å². The molecule has 1 heterocycles. The number of methoxy groups -OCH3 is 1. The first-order valence-electron chi connectivity index (χ1n) is 6.93. The van der Waals surface area contributed by atoms with Gasteiger partial charge in [-0.1, -0.05) is 12.1 Å². The molecule has 0 spiro atoms. The lowest BCUT2D eigenvalue weighted by Gasteiger charge is -2.31. The molecule has 0 atom stereocenters. The predicted octanol–water partition coefficient (Wildman–Crippen LogP) is 2.40. The van der Waals surface area contributed by atoms with Gasteiger partial charge in [-0.2, -0.15) is 0 Å². The van der Waals surface area contributed by atoms with Crippen LogP contribution in [-0.2, 0) is 11.3 Å². The number of phenols is 1. The molecule has 2 rings (SSSR count). The normalized spacial score (nSPS) is 17.6. The van der Waals surface area contributed by atoms with Crippen molar-refractivity contribution in [3.63, 3.8) is 0 Å². The molecule has 0 saturated carbocycles. The lowest BCUT2D eigenvalue weighted by Crippen LogP contribution is -2.36. The van der Waals surface area contributed by atoms with Crippen molar-refractivity contribution in [3.8, 4) is 11.5 Å². The molecule has 0 aliphatic carbocycles. The predicted molar refractivity (Wildman–Crippen MR) is 74.6 cm³/mol. The van der Waals surface area contributed by atoms with E-state index < -0.39 is 0 Å². The van der Waals surface area contributed by atoms with Crippen LogP contribution in [0.4, 0.5) is 0 Å². The Morgan fingerprint density at radius 1 is 1.32 bits per heavy atom. The second-order valence-electron chi connectivity index (χ2n) is 4.90. The first-order chi connectivity index (χ1) is 9.24. The number of rotatable bonds is 5. The minimum Gasteiger partial charge on any atom is -0.504 e. The van der Waals surface area contributed by atoms with Gasteiger partial charge in [0.25, 0.3) is 0 Å². The summed E-state index contributed by atoms with van der Waals surface area (Å²) < 4.78 is 10.8. The zero-order chi connectivity index (χ0) is 13.7. The number of nitrogens with zero attached hydrogens (tertiary/aromatic N) is 1. The lowest BCUT2D eigenvalue weighted by molar-refractivity contribution is 0.0124. The van der Waals surface area contributed by atoms with Gasteiger partial charge in [0.2, 0.25) is 0 Å². The largest absolute Gasteiger partial charge is 0.504 e. The van der Waals surface area contributed by atoms with Gasteiger partial charge in [0.1, 0.15) is 0 Å². The average Bonchev–Trinajstić information content (AvgIpc) is 2.43. The minimum absolute atomic E-state index is 0.261. The summed E-state index contributed by atoms with van der Waals surface area (Å²) in [5.41, 5.74) is 0.925. The van der Waals surface area contributed by atoms with Crippen LogP contribution in [-0.4, -0.2) is 42.9 Å². The first kappa shape index (κ1) is 14.2. The van der Waals surface area contributed by atoms with E-state index in [1.165, 1.54) is 0 Å².